The number of alkyl halides is 6. The van der Waals surface area contributed by atoms with Gasteiger partial charge in [0.1, 0.15) is 0 Å². The molecule has 0 heterocycles. The summed E-state index contributed by atoms with van der Waals surface area (Å²) in [5, 5.41) is 30.5. The van der Waals surface area contributed by atoms with Gasteiger partial charge in [-0.25, -0.2) is 16.8 Å². The summed E-state index contributed by atoms with van der Waals surface area (Å²) in [6.45, 7) is 7.28. The third-order valence-electron chi connectivity index (χ3n) is 1.20. The van der Waals surface area contributed by atoms with Gasteiger partial charge in [0, 0.05) is 25.7 Å². The van der Waals surface area contributed by atoms with Crippen molar-refractivity contribution in [2.24, 2.45) is 0 Å². The molecule has 0 aromatic heterocycles. The summed E-state index contributed by atoms with van der Waals surface area (Å²) in [7, 11) is -12.2. The number of nitriles is 4. The first-order chi connectivity index (χ1) is 14.2. The van der Waals surface area contributed by atoms with E-state index >= 15 is 0 Å². The van der Waals surface area contributed by atoms with Crippen molar-refractivity contribution in [1.82, 2.24) is 0 Å². The van der Waals surface area contributed by atoms with E-state index in [1.54, 1.807) is 0 Å². The second kappa shape index (κ2) is 28.1. The Kier molecular flexibility index (Phi) is 41.2. The maximum atomic E-state index is 10.7. The first-order valence-corrected chi connectivity index (χ1v) is 10.5. The molecule has 0 rings (SSSR count). The summed E-state index contributed by atoms with van der Waals surface area (Å²) in [6.07, 6.45) is 2.50. The minimum absolute atomic E-state index is 0. The quantitative estimate of drug-likeness (QED) is 0.201. The molecule has 33 heavy (non-hydrogen) atoms. The molecule has 0 radical (unpaired) electrons. The molecule has 0 aliphatic rings. The fraction of sp³-hybridized carbons (Fsp3) is 0.714. The Hall–Kier alpha value is -1.95. The first-order valence-electron chi connectivity index (χ1n) is 7.68. The molecule has 0 bridgehead atoms. The molecular formula is C14H20F6N4O6PtS2. The van der Waals surface area contributed by atoms with Gasteiger partial charge in [-0.2, -0.15) is 47.4 Å². The number of nitrogens with zero attached hydrogens (tertiary/aromatic N) is 4. The van der Waals surface area contributed by atoms with Gasteiger partial charge >= 0.3 is 32.1 Å². The van der Waals surface area contributed by atoms with Gasteiger partial charge in [-0.3, -0.25) is 0 Å². The predicted molar refractivity (Wildman–Crippen MR) is 95.1 cm³/mol. The van der Waals surface area contributed by atoms with Crippen LogP contribution in [0.1, 0.15) is 53.4 Å². The van der Waals surface area contributed by atoms with Crippen molar-refractivity contribution in [3.8, 4) is 24.3 Å². The van der Waals surface area contributed by atoms with Gasteiger partial charge in [0.25, 0.3) is 0 Å². The standard InChI is InChI=1S/4C3H5N.2CHF3O3S.Pt/c4*1-2-3-4;2*2-1(3,4)8(5,6)7;/h4*2H2,1H3;2*(H,5,6,7);/q;;;;;;+2/p-2. The van der Waals surface area contributed by atoms with E-state index < -0.39 is 31.3 Å². The molecule has 10 nitrogen and oxygen atoms in total. The van der Waals surface area contributed by atoms with Crippen molar-refractivity contribution >= 4 is 20.2 Å². The molecule has 0 saturated carbocycles. The Morgan fingerprint density at radius 3 is 0.636 bits per heavy atom. The summed E-state index contributed by atoms with van der Waals surface area (Å²) in [4.78, 5) is 0. The molecule has 19 heteroatoms. The maximum absolute atomic E-state index is 10.7. The molecule has 0 atom stereocenters. The first kappa shape index (κ1) is 48.5. The van der Waals surface area contributed by atoms with Crippen LogP contribution in [0, 0.1) is 45.3 Å². The fourth-order valence-corrected chi connectivity index (χ4v) is 0. The normalized spacial score (nSPS) is 9.21. The largest absolute Gasteiger partial charge is 2.00 e. The zero-order valence-electron chi connectivity index (χ0n) is 17.5. The van der Waals surface area contributed by atoms with Gasteiger partial charge in [-0.15, -0.1) is 0 Å². The zero-order chi connectivity index (χ0) is 27.7. The van der Waals surface area contributed by atoms with E-state index in [1.807, 2.05) is 52.0 Å². The van der Waals surface area contributed by atoms with E-state index in [2.05, 4.69) is 0 Å². The molecule has 0 saturated heterocycles. The SMILES string of the molecule is CCC#N.CCC#N.CCC#N.CCC#N.O=S(=O)([O-])C(F)(F)F.O=S(=O)([O-])C(F)(F)F.[Pt+2]. The average molecular weight is 714 g/mol. The molecule has 0 spiro atoms. The predicted octanol–water partition coefficient (Wildman–Crippen LogP) is 3.78. The van der Waals surface area contributed by atoms with Crippen LogP contribution in [0.2, 0.25) is 0 Å². The third kappa shape index (κ3) is 58.8. The summed E-state index contributed by atoms with van der Waals surface area (Å²) in [6, 6.07) is 7.72. The van der Waals surface area contributed by atoms with E-state index in [1.165, 1.54) is 0 Å². The van der Waals surface area contributed by atoms with E-state index in [4.69, 9.17) is 47.0 Å². The smallest absolute Gasteiger partial charge is 0.741 e. The molecule has 0 aliphatic heterocycles. The molecule has 0 N–H and O–H groups in total. The average Bonchev–Trinajstić information content (AvgIpc) is 2.66. The zero-order valence-corrected chi connectivity index (χ0v) is 21.4. The van der Waals surface area contributed by atoms with Crippen LogP contribution in [0.5, 0.6) is 0 Å². The summed E-state index contributed by atoms with van der Waals surface area (Å²) in [5.74, 6) is 0. The van der Waals surface area contributed by atoms with Crippen LogP contribution in [0.25, 0.3) is 0 Å². The molecule has 196 valence electrons. The number of halogens is 6. The number of rotatable bonds is 0. The molecule has 0 aromatic carbocycles. The molecule has 0 fully saturated rings. The van der Waals surface area contributed by atoms with E-state index in [0.29, 0.717) is 25.7 Å². The van der Waals surface area contributed by atoms with E-state index in [-0.39, 0.29) is 21.1 Å². The maximum Gasteiger partial charge on any atom is 2.00 e. The van der Waals surface area contributed by atoms with Gasteiger partial charge in [0.15, 0.2) is 20.2 Å². The number of hydrogen-bond acceptors (Lipinski definition) is 10. The summed E-state index contributed by atoms with van der Waals surface area (Å²) in [5.41, 5.74) is -11.3. The fourth-order valence-electron chi connectivity index (χ4n) is 0. The van der Waals surface area contributed by atoms with Gasteiger partial charge in [-0.05, 0) is 0 Å². The van der Waals surface area contributed by atoms with Gasteiger partial charge in [0.2, 0.25) is 0 Å². The van der Waals surface area contributed by atoms with Crippen LogP contribution >= 0.6 is 0 Å². The Balaban J connectivity index is -0.0000000506. The van der Waals surface area contributed by atoms with Crippen molar-refractivity contribution in [2.75, 3.05) is 0 Å². The Bertz CT molecular complexity index is 723. The summed E-state index contributed by atoms with van der Waals surface area (Å²) >= 11 is 0. The Morgan fingerprint density at radius 1 is 0.576 bits per heavy atom. The van der Waals surface area contributed by atoms with Crippen LogP contribution in [-0.4, -0.2) is 37.0 Å². The van der Waals surface area contributed by atoms with Gasteiger partial charge in [-0.1, -0.05) is 27.7 Å². The topological polar surface area (TPSA) is 210 Å². The second-order valence-corrected chi connectivity index (χ2v) is 6.59. The molecule has 0 amide bonds. The van der Waals surface area contributed by atoms with Crippen LogP contribution < -0.4 is 0 Å². The van der Waals surface area contributed by atoms with Crippen molar-refractivity contribution in [1.29, 1.82) is 21.0 Å². The Labute approximate surface area is 203 Å². The minimum Gasteiger partial charge on any atom is -0.741 e. The molecule has 0 aromatic rings. The van der Waals surface area contributed by atoms with Crippen molar-refractivity contribution in [3.05, 3.63) is 0 Å². The van der Waals surface area contributed by atoms with Crippen LogP contribution in [-0.2, 0) is 41.3 Å². The minimum atomic E-state index is -6.09. The van der Waals surface area contributed by atoms with Crippen molar-refractivity contribution in [2.45, 2.75) is 64.4 Å². The van der Waals surface area contributed by atoms with Crippen molar-refractivity contribution in [3.63, 3.8) is 0 Å². The van der Waals surface area contributed by atoms with Gasteiger partial charge in [0.05, 0.1) is 24.3 Å². The van der Waals surface area contributed by atoms with Crippen LogP contribution in [0.3, 0.4) is 0 Å². The molecule has 0 unspecified atom stereocenters. The summed E-state index contributed by atoms with van der Waals surface area (Å²) < 4.78 is 118. The monoisotopic (exact) mass is 713 g/mol. The molecule has 0 aliphatic carbocycles. The number of hydrogen-bond donors (Lipinski definition) is 0. The van der Waals surface area contributed by atoms with Crippen LogP contribution in [0.15, 0.2) is 0 Å². The Morgan fingerprint density at radius 2 is 0.636 bits per heavy atom. The van der Waals surface area contributed by atoms with E-state index in [0.717, 1.165) is 0 Å². The molecular weight excluding hydrogens is 693 g/mol. The third-order valence-corrected chi connectivity index (χ3v) is 2.33. The van der Waals surface area contributed by atoms with Gasteiger partial charge < -0.3 is 9.11 Å². The van der Waals surface area contributed by atoms with Crippen molar-refractivity contribution < 1.29 is 73.3 Å². The second-order valence-electron chi connectivity index (χ2n) is 3.85. The van der Waals surface area contributed by atoms with E-state index in [9.17, 15) is 26.3 Å². The van der Waals surface area contributed by atoms with Crippen LogP contribution in [0.4, 0.5) is 26.3 Å².